The molecule has 1 saturated heterocycles. The number of amides is 4. The number of anilines is 3. The first kappa shape index (κ1) is 30.4. The molecule has 3 N–H and O–H groups in total. The second kappa shape index (κ2) is 12.8. The number of aromatic nitrogens is 1. The minimum absolute atomic E-state index is 0.0844. The average Bonchev–Trinajstić information content (AvgIpc) is 3.03. The number of rotatable bonds is 2. The summed E-state index contributed by atoms with van der Waals surface area (Å²) in [5.74, 6) is -0.758. The van der Waals surface area contributed by atoms with Crippen LogP contribution in [0.25, 0.3) is 11.1 Å². The van der Waals surface area contributed by atoms with Gasteiger partial charge in [-0.2, -0.15) is 0 Å². The van der Waals surface area contributed by atoms with E-state index in [-0.39, 0.29) is 18.4 Å². The maximum Gasteiger partial charge on any atom is 0.412 e. The Labute approximate surface area is 265 Å². The van der Waals surface area contributed by atoms with Gasteiger partial charge in [0.15, 0.2) is 5.60 Å². The topological polar surface area (TPSA) is 139 Å². The van der Waals surface area contributed by atoms with Crippen LogP contribution in [0.4, 0.5) is 26.7 Å². The van der Waals surface area contributed by atoms with Crippen LogP contribution in [0.5, 0.6) is 0 Å². The number of hydrogen-bond acceptors (Lipinski definition) is 7. The largest absolute Gasteiger partial charge is 0.453 e. The minimum atomic E-state index is -1.00. The Hall–Kier alpha value is -4.64. The molecule has 234 valence electrons. The van der Waals surface area contributed by atoms with Crippen molar-refractivity contribution in [1.82, 2.24) is 9.88 Å². The fourth-order valence-electron chi connectivity index (χ4n) is 6.48. The molecule has 3 aromatic rings. The highest BCUT2D eigenvalue weighted by Crippen LogP contribution is 2.44. The van der Waals surface area contributed by atoms with Gasteiger partial charge in [-0.15, -0.1) is 0 Å². The number of nitrogens with zero attached hydrogens (tertiary/aromatic N) is 2. The molecule has 11 nitrogen and oxygen atoms in total. The lowest BCUT2D eigenvalue weighted by atomic mass is 9.82. The van der Waals surface area contributed by atoms with Crippen LogP contribution in [0.15, 0.2) is 54.7 Å². The highest BCUT2D eigenvalue weighted by Gasteiger charge is 2.47. The van der Waals surface area contributed by atoms with Gasteiger partial charge in [-0.05, 0) is 73.7 Å². The molecular weight excluding hydrogens is 598 g/mol. The Balaban J connectivity index is 1.34. The van der Waals surface area contributed by atoms with Gasteiger partial charge >= 0.3 is 12.2 Å². The number of halogens is 1. The Bertz CT molecular complexity index is 1660. The van der Waals surface area contributed by atoms with E-state index in [4.69, 9.17) is 21.1 Å². The first-order valence-corrected chi connectivity index (χ1v) is 15.5. The second-order valence-corrected chi connectivity index (χ2v) is 12.0. The van der Waals surface area contributed by atoms with Gasteiger partial charge in [0, 0.05) is 41.0 Å². The zero-order chi connectivity index (χ0) is 31.6. The van der Waals surface area contributed by atoms with Crippen molar-refractivity contribution in [2.75, 3.05) is 36.1 Å². The van der Waals surface area contributed by atoms with Gasteiger partial charge in [0.2, 0.25) is 11.8 Å². The summed E-state index contributed by atoms with van der Waals surface area (Å²) in [5.41, 5.74) is 3.49. The van der Waals surface area contributed by atoms with Crippen LogP contribution in [-0.2, 0) is 24.7 Å². The summed E-state index contributed by atoms with van der Waals surface area (Å²) < 4.78 is 10.6. The van der Waals surface area contributed by atoms with Crippen LogP contribution in [0.3, 0.4) is 0 Å². The van der Waals surface area contributed by atoms with Crippen molar-refractivity contribution in [2.45, 2.75) is 56.5 Å². The molecule has 2 aromatic carbocycles. The molecule has 12 heteroatoms. The van der Waals surface area contributed by atoms with Crippen molar-refractivity contribution in [2.24, 2.45) is 0 Å². The first-order chi connectivity index (χ1) is 21.7. The molecule has 6 rings (SSSR count). The second-order valence-electron chi connectivity index (χ2n) is 11.6. The predicted octanol–water partition coefficient (Wildman–Crippen LogP) is 6.65. The van der Waals surface area contributed by atoms with E-state index < -0.39 is 23.7 Å². The number of methoxy groups -OCH3 is 1. The summed E-state index contributed by atoms with van der Waals surface area (Å²) in [6.45, 7) is 0.731. The summed E-state index contributed by atoms with van der Waals surface area (Å²) in [6, 6.07) is 14.2. The number of ether oxygens (including phenoxy) is 2. The van der Waals surface area contributed by atoms with Gasteiger partial charge in [-0.1, -0.05) is 30.5 Å². The average molecular weight is 632 g/mol. The van der Waals surface area contributed by atoms with Crippen molar-refractivity contribution in [3.05, 3.63) is 71.0 Å². The Kier molecular flexibility index (Phi) is 8.62. The normalized spacial score (nSPS) is 21.4. The number of nitrogens with one attached hydrogen (secondary N) is 3. The molecule has 1 spiro atoms. The van der Waals surface area contributed by atoms with E-state index in [9.17, 15) is 19.2 Å². The zero-order valence-corrected chi connectivity index (χ0v) is 25.6. The summed E-state index contributed by atoms with van der Waals surface area (Å²) in [4.78, 5) is 58.1. The Morgan fingerprint density at radius 2 is 1.91 bits per heavy atom. The number of carbonyl (C=O) groups excluding carboxylic acids is 4. The molecule has 45 heavy (non-hydrogen) atoms. The molecular formula is C33H34ClN5O6. The van der Waals surface area contributed by atoms with E-state index in [1.165, 1.54) is 7.11 Å². The number of likely N-dealkylation sites (tertiary alicyclic amines) is 1. The molecule has 2 atom stereocenters. The Morgan fingerprint density at radius 1 is 1.04 bits per heavy atom. The van der Waals surface area contributed by atoms with Crippen LogP contribution in [0, 0.1) is 0 Å². The quantitative estimate of drug-likeness (QED) is 0.288. The van der Waals surface area contributed by atoms with E-state index in [0.29, 0.717) is 66.4 Å². The molecule has 3 aliphatic rings. The standard InChI is InChI=1S/C33H34ClN5O6/c1-44-31(42)36-22-9-10-23-20-12-14-35-27(16-20)24(6-3-2-4-7-29(40)37-28(23)18-22)30(41)39-15-5-13-33(19-39)25-17-21(34)8-11-26(25)38-32(43)45-33/h8-12,14,16-18,24H,2-7,13,15,19H2,1H3,(H,36,42)(H,37,40)(H,38,43)/t24?,33-/m0/s1. The van der Waals surface area contributed by atoms with E-state index in [1.807, 2.05) is 12.1 Å². The van der Waals surface area contributed by atoms with E-state index in [2.05, 4.69) is 20.9 Å². The van der Waals surface area contributed by atoms with E-state index in [1.54, 1.807) is 47.5 Å². The number of carbonyl (C=O) groups is 4. The highest BCUT2D eigenvalue weighted by molar-refractivity contribution is 6.30. The third kappa shape index (κ3) is 6.44. The maximum atomic E-state index is 14.4. The molecule has 1 aromatic heterocycles. The zero-order valence-electron chi connectivity index (χ0n) is 24.9. The fourth-order valence-corrected chi connectivity index (χ4v) is 6.65. The molecule has 3 aliphatic heterocycles. The van der Waals surface area contributed by atoms with Gasteiger partial charge in [0.25, 0.3) is 0 Å². The van der Waals surface area contributed by atoms with E-state index >= 15 is 0 Å². The fraction of sp³-hybridized carbons (Fsp3) is 0.364. The van der Waals surface area contributed by atoms with Gasteiger partial charge in [0.1, 0.15) is 0 Å². The molecule has 1 fully saturated rings. The Morgan fingerprint density at radius 3 is 2.76 bits per heavy atom. The number of pyridine rings is 1. The molecule has 2 bridgehead atoms. The third-order valence-electron chi connectivity index (χ3n) is 8.63. The highest BCUT2D eigenvalue weighted by atomic mass is 35.5. The lowest BCUT2D eigenvalue weighted by Gasteiger charge is -2.45. The van der Waals surface area contributed by atoms with E-state index in [0.717, 1.165) is 29.5 Å². The summed E-state index contributed by atoms with van der Waals surface area (Å²) in [7, 11) is 1.28. The van der Waals surface area contributed by atoms with Crippen molar-refractivity contribution in [1.29, 1.82) is 0 Å². The number of piperidine rings is 1. The number of fused-ring (bicyclic) bond motifs is 6. The van der Waals surface area contributed by atoms with Crippen molar-refractivity contribution >= 4 is 52.7 Å². The molecule has 0 saturated carbocycles. The molecule has 1 unspecified atom stereocenters. The summed E-state index contributed by atoms with van der Waals surface area (Å²) in [5, 5.41) is 8.90. The number of hydrogen-bond donors (Lipinski definition) is 3. The first-order valence-electron chi connectivity index (χ1n) is 15.1. The third-order valence-corrected chi connectivity index (χ3v) is 8.87. The lowest BCUT2D eigenvalue weighted by molar-refractivity contribution is -0.141. The minimum Gasteiger partial charge on any atom is -0.453 e. The molecule has 4 heterocycles. The van der Waals surface area contributed by atoms with Gasteiger partial charge in [-0.25, -0.2) is 9.59 Å². The summed E-state index contributed by atoms with van der Waals surface area (Å²) >= 11 is 6.35. The van der Waals surface area contributed by atoms with Crippen molar-refractivity contribution in [3.63, 3.8) is 0 Å². The number of benzene rings is 2. The van der Waals surface area contributed by atoms with Crippen LogP contribution < -0.4 is 16.0 Å². The summed E-state index contributed by atoms with van der Waals surface area (Å²) in [6.07, 6.45) is 4.72. The van der Waals surface area contributed by atoms with Crippen LogP contribution in [0.2, 0.25) is 5.02 Å². The van der Waals surface area contributed by atoms with Crippen LogP contribution in [0.1, 0.15) is 62.1 Å². The van der Waals surface area contributed by atoms with Crippen molar-refractivity contribution in [3.8, 4) is 11.1 Å². The van der Waals surface area contributed by atoms with Crippen LogP contribution >= 0.6 is 11.6 Å². The van der Waals surface area contributed by atoms with Gasteiger partial charge in [0.05, 0.1) is 36.6 Å². The lowest BCUT2D eigenvalue weighted by Crippen LogP contribution is -2.54. The predicted molar refractivity (Wildman–Crippen MR) is 169 cm³/mol. The smallest absolute Gasteiger partial charge is 0.412 e. The molecule has 0 aliphatic carbocycles. The van der Waals surface area contributed by atoms with Gasteiger partial charge in [-0.3, -0.25) is 25.2 Å². The van der Waals surface area contributed by atoms with Gasteiger partial charge < -0.3 is 19.7 Å². The van der Waals surface area contributed by atoms with Crippen molar-refractivity contribution < 1.29 is 28.7 Å². The maximum absolute atomic E-state index is 14.4. The molecule has 0 radical (unpaired) electrons. The SMILES string of the molecule is COC(=O)Nc1ccc2c(c1)NC(=O)CCCCCC(C(=O)N1CCC[C@@]3(C1)OC(=O)Nc1ccc(Cl)cc13)c1cc-2ccn1. The molecule has 4 amide bonds. The monoisotopic (exact) mass is 631 g/mol. The van der Waals surface area contributed by atoms with Crippen LogP contribution in [-0.4, -0.2) is 54.1 Å².